The minimum Gasteiger partial charge on any atom is -0.497 e. The van der Waals surface area contributed by atoms with Crippen LogP contribution in [-0.4, -0.2) is 37.6 Å². The van der Waals surface area contributed by atoms with Gasteiger partial charge in [0.1, 0.15) is 5.75 Å². The zero-order chi connectivity index (χ0) is 14.2. The van der Waals surface area contributed by atoms with E-state index in [1.165, 1.54) is 24.8 Å². The summed E-state index contributed by atoms with van der Waals surface area (Å²) in [5.41, 5.74) is 7.32. The maximum absolute atomic E-state index is 6.03. The number of piperidine rings is 1. The summed E-state index contributed by atoms with van der Waals surface area (Å²) in [5.74, 6) is 1.63. The second-order valence-corrected chi connectivity index (χ2v) is 5.24. The number of rotatable bonds is 5. The third-order valence-electron chi connectivity index (χ3n) is 3.71. The van der Waals surface area contributed by atoms with Gasteiger partial charge in [0, 0.05) is 19.6 Å². The Bertz CT molecular complexity index is 445. The topological polar surface area (TPSA) is 50.9 Å². The van der Waals surface area contributed by atoms with Gasteiger partial charge in [-0.2, -0.15) is 0 Å². The Morgan fingerprint density at radius 3 is 2.76 bits per heavy atom. The van der Waals surface area contributed by atoms with Crippen molar-refractivity contribution in [1.82, 2.24) is 4.90 Å². The summed E-state index contributed by atoms with van der Waals surface area (Å²) in [4.78, 5) is 6.70. The average molecular weight is 403 g/mol. The highest BCUT2D eigenvalue weighted by atomic mass is 127. The summed E-state index contributed by atoms with van der Waals surface area (Å²) in [7, 11) is 1.70. The van der Waals surface area contributed by atoms with Gasteiger partial charge in [0.15, 0.2) is 5.96 Å². The number of benzene rings is 1. The summed E-state index contributed by atoms with van der Waals surface area (Å²) in [6, 6.07) is 8.20. The Balaban J connectivity index is 0.00000220. The molecule has 4 nitrogen and oxygen atoms in total. The van der Waals surface area contributed by atoms with Crippen molar-refractivity contribution in [3.05, 3.63) is 29.8 Å². The number of guanidine groups is 1. The maximum atomic E-state index is 6.03. The minimum atomic E-state index is 0. The zero-order valence-electron chi connectivity index (χ0n) is 12.8. The zero-order valence-corrected chi connectivity index (χ0v) is 15.1. The average Bonchev–Trinajstić information content (AvgIpc) is 2.52. The van der Waals surface area contributed by atoms with Gasteiger partial charge < -0.3 is 15.4 Å². The number of aliphatic imine (C=N–C) groups is 1. The molecule has 0 aliphatic carbocycles. The predicted octanol–water partition coefficient (Wildman–Crippen LogP) is 3.05. The third-order valence-corrected chi connectivity index (χ3v) is 3.71. The lowest BCUT2D eigenvalue weighted by atomic mass is 10.1. The van der Waals surface area contributed by atoms with Crippen LogP contribution in [0.5, 0.6) is 5.75 Å². The molecule has 1 saturated heterocycles. The molecule has 118 valence electrons. The molecule has 5 heteroatoms. The molecule has 2 N–H and O–H groups in total. The SMILES string of the molecule is COc1cccc(CCCN=C(N)N2CCCCC2)c1.I. The van der Waals surface area contributed by atoms with Gasteiger partial charge in [-0.05, 0) is 49.8 Å². The van der Waals surface area contributed by atoms with Gasteiger partial charge in [-0.25, -0.2) is 0 Å². The van der Waals surface area contributed by atoms with E-state index in [1.807, 2.05) is 12.1 Å². The number of halogens is 1. The van der Waals surface area contributed by atoms with Crippen LogP contribution in [0.15, 0.2) is 29.3 Å². The number of methoxy groups -OCH3 is 1. The molecule has 0 amide bonds. The molecule has 0 bridgehead atoms. The number of hydrogen-bond acceptors (Lipinski definition) is 2. The molecule has 1 aliphatic heterocycles. The minimum absolute atomic E-state index is 0. The van der Waals surface area contributed by atoms with Gasteiger partial charge in [-0.1, -0.05) is 12.1 Å². The van der Waals surface area contributed by atoms with Crippen molar-refractivity contribution in [2.24, 2.45) is 10.7 Å². The van der Waals surface area contributed by atoms with Crippen molar-refractivity contribution in [2.75, 3.05) is 26.7 Å². The van der Waals surface area contributed by atoms with Crippen molar-refractivity contribution >= 4 is 29.9 Å². The largest absolute Gasteiger partial charge is 0.497 e. The predicted molar refractivity (Wildman–Crippen MR) is 98.6 cm³/mol. The second kappa shape index (κ2) is 9.87. The van der Waals surface area contributed by atoms with Crippen LogP contribution in [0, 0.1) is 0 Å². The quantitative estimate of drug-likeness (QED) is 0.356. The number of nitrogens with two attached hydrogens (primary N) is 1. The van der Waals surface area contributed by atoms with E-state index in [9.17, 15) is 0 Å². The van der Waals surface area contributed by atoms with Crippen LogP contribution >= 0.6 is 24.0 Å². The summed E-state index contributed by atoms with van der Waals surface area (Å²) >= 11 is 0. The van der Waals surface area contributed by atoms with E-state index in [1.54, 1.807) is 7.11 Å². The lowest BCUT2D eigenvalue weighted by Crippen LogP contribution is -2.40. The molecular formula is C16H26IN3O. The summed E-state index contributed by atoms with van der Waals surface area (Å²) in [5, 5.41) is 0. The number of aryl methyl sites for hydroxylation is 1. The Morgan fingerprint density at radius 2 is 2.05 bits per heavy atom. The normalized spacial score (nSPS) is 15.5. The Morgan fingerprint density at radius 1 is 1.29 bits per heavy atom. The molecular weight excluding hydrogens is 377 g/mol. The smallest absolute Gasteiger partial charge is 0.191 e. The first kappa shape index (κ1) is 18.1. The Kier molecular flexibility index (Phi) is 8.49. The fraction of sp³-hybridized carbons (Fsp3) is 0.562. The summed E-state index contributed by atoms with van der Waals surface area (Å²) < 4.78 is 5.22. The molecule has 1 aromatic rings. The molecule has 0 aromatic heterocycles. The highest BCUT2D eigenvalue weighted by Crippen LogP contribution is 2.14. The van der Waals surface area contributed by atoms with E-state index < -0.39 is 0 Å². The van der Waals surface area contributed by atoms with Crippen LogP contribution < -0.4 is 10.5 Å². The standard InChI is InChI=1S/C16H25N3O.HI/c1-20-15-9-5-7-14(13-15)8-6-10-18-16(17)19-11-3-2-4-12-19;/h5,7,9,13H,2-4,6,8,10-12H2,1H3,(H2,17,18);1H. The van der Waals surface area contributed by atoms with Gasteiger partial charge >= 0.3 is 0 Å². The molecule has 0 saturated carbocycles. The fourth-order valence-corrected chi connectivity index (χ4v) is 2.53. The van der Waals surface area contributed by atoms with E-state index in [4.69, 9.17) is 10.5 Å². The summed E-state index contributed by atoms with van der Waals surface area (Å²) in [6.45, 7) is 2.91. The van der Waals surface area contributed by atoms with Crippen LogP contribution in [0.4, 0.5) is 0 Å². The third kappa shape index (κ3) is 6.11. The molecule has 21 heavy (non-hydrogen) atoms. The number of nitrogens with zero attached hydrogens (tertiary/aromatic N) is 2. The van der Waals surface area contributed by atoms with Gasteiger partial charge in [0.2, 0.25) is 0 Å². The Hall–Kier alpha value is -0.980. The van der Waals surface area contributed by atoms with Crippen LogP contribution in [0.3, 0.4) is 0 Å². The highest BCUT2D eigenvalue weighted by molar-refractivity contribution is 14.0. The monoisotopic (exact) mass is 403 g/mol. The van der Waals surface area contributed by atoms with Crippen LogP contribution in [0.1, 0.15) is 31.2 Å². The fourth-order valence-electron chi connectivity index (χ4n) is 2.53. The number of hydrogen-bond donors (Lipinski definition) is 1. The van der Waals surface area contributed by atoms with Crippen molar-refractivity contribution in [1.29, 1.82) is 0 Å². The van der Waals surface area contributed by atoms with Gasteiger partial charge in [-0.3, -0.25) is 4.99 Å². The van der Waals surface area contributed by atoms with E-state index in [-0.39, 0.29) is 24.0 Å². The van der Waals surface area contributed by atoms with Crippen LogP contribution in [0.25, 0.3) is 0 Å². The van der Waals surface area contributed by atoms with Crippen molar-refractivity contribution < 1.29 is 4.74 Å². The van der Waals surface area contributed by atoms with Gasteiger partial charge in [0.25, 0.3) is 0 Å². The van der Waals surface area contributed by atoms with Crippen LogP contribution in [0.2, 0.25) is 0 Å². The lowest BCUT2D eigenvalue weighted by molar-refractivity contribution is 0.338. The summed E-state index contributed by atoms with van der Waals surface area (Å²) in [6.07, 6.45) is 5.81. The molecule has 1 aliphatic rings. The lowest BCUT2D eigenvalue weighted by Gasteiger charge is -2.27. The molecule has 2 rings (SSSR count). The van der Waals surface area contributed by atoms with E-state index in [2.05, 4.69) is 22.0 Å². The molecule has 1 fully saturated rings. The first-order valence-corrected chi connectivity index (χ1v) is 7.47. The van der Waals surface area contributed by atoms with E-state index in [0.29, 0.717) is 0 Å². The second-order valence-electron chi connectivity index (χ2n) is 5.24. The van der Waals surface area contributed by atoms with Crippen molar-refractivity contribution in [3.63, 3.8) is 0 Å². The first-order chi connectivity index (χ1) is 9.79. The molecule has 0 spiro atoms. The number of ether oxygens (including phenoxy) is 1. The molecule has 1 aromatic carbocycles. The van der Waals surface area contributed by atoms with Gasteiger partial charge in [-0.15, -0.1) is 24.0 Å². The van der Waals surface area contributed by atoms with Crippen molar-refractivity contribution in [2.45, 2.75) is 32.1 Å². The molecule has 1 heterocycles. The highest BCUT2D eigenvalue weighted by Gasteiger charge is 2.11. The number of likely N-dealkylation sites (tertiary alicyclic amines) is 1. The molecule has 0 unspecified atom stereocenters. The van der Waals surface area contributed by atoms with Crippen LogP contribution in [-0.2, 0) is 6.42 Å². The molecule has 0 radical (unpaired) electrons. The first-order valence-electron chi connectivity index (χ1n) is 7.47. The Labute approximate surface area is 144 Å². The van der Waals surface area contributed by atoms with Crippen molar-refractivity contribution in [3.8, 4) is 5.75 Å². The van der Waals surface area contributed by atoms with Gasteiger partial charge in [0.05, 0.1) is 7.11 Å². The maximum Gasteiger partial charge on any atom is 0.191 e. The van der Waals surface area contributed by atoms with E-state index in [0.717, 1.165) is 44.2 Å². The van der Waals surface area contributed by atoms with E-state index >= 15 is 0 Å². The molecule has 0 atom stereocenters.